The van der Waals surface area contributed by atoms with Gasteiger partial charge in [-0.25, -0.2) is 9.78 Å². The van der Waals surface area contributed by atoms with Gasteiger partial charge in [-0.15, -0.1) is 0 Å². The second-order valence-electron chi connectivity index (χ2n) is 6.09. The molecule has 1 saturated heterocycles. The average Bonchev–Trinajstić information content (AvgIpc) is 2.52. The standard InChI is InChI=1S/C16H20N2O7/c1-9(19)25-13(15(21)22)12-14(20)18(7-8-24-12)11-6-4-5-10(17-11)16(2,3)23/h4-6,12-13,23H,7-8H2,1-3H3,(H,21,22)/t12?,13-/m1/s1. The lowest BCUT2D eigenvalue weighted by molar-refractivity contribution is -0.177. The summed E-state index contributed by atoms with van der Waals surface area (Å²) in [4.78, 5) is 40.6. The van der Waals surface area contributed by atoms with Gasteiger partial charge in [0.2, 0.25) is 6.10 Å². The number of pyridine rings is 1. The molecule has 2 atom stereocenters. The van der Waals surface area contributed by atoms with E-state index in [1.807, 2.05) is 0 Å². The van der Waals surface area contributed by atoms with Crippen molar-refractivity contribution in [2.24, 2.45) is 0 Å². The predicted molar refractivity (Wildman–Crippen MR) is 84.8 cm³/mol. The number of morpholine rings is 1. The number of hydrogen-bond acceptors (Lipinski definition) is 7. The molecular weight excluding hydrogens is 332 g/mol. The molecule has 1 unspecified atom stereocenters. The Morgan fingerprint density at radius 3 is 2.68 bits per heavy atom. The number of carbonyl (C=O) groups excluding carboxylic acids is 2. The van der Waals surface area contributed by atoms with Crippen molar-refractivity contribution < 1.29 is 34.1 Å². The normalized spacial score (nSPS) is 19.4. The van der Waals surface area contributed by atoms with Crippen LogP contribution < -0.4 is 4.90 Å². The molecule has 1 aliphatic heterocycles. The van der Waals surface area contributed by atoms with E-state index in [1.54, 1.807) is 32.0 Å². The molecule has 0 aromatic carbocycles. The van der Waals surface area contributed by atoms with Crippen LogP contribution in [0.25, 0.3) is 0 Å². The summed E-state index contributed by atoms with van der Waals surface area (Å²) in [5.41, 5.74) is -0.845. The van der Waals surface area contributed by atoms with Gasteiger partial charge in [0.1, 0.15) is 11.4 Å². The van der Waals surface area contributed by atoms with Gasteiger partial charge in [-0.3, -0.25) is 14.5 Å². The molecule has 1 aromatic heterocycles. The summed E-state index contributed by atoms with van der Waals surface area (Å²) in [6, 6.07) is 4.82. The van der Waals surface area contributed by atoms with E-state index in [2.05, 4.69) is 4.98 Å². The fourth-order valence-corrected chi connectivity index (χ4v) is 2.39. The molecule has 136 valence electrons. The van der Waals surface area contributed by atoms with E-state index >= 15 is 0 Å². The number of aliphatic hydroxyl groups is 1. The number of ether oxygens (including phenoxy) is 2. The first-order valence-electron chi connectivity index (χ1n) is 7.64. The van der Waals surface area contributed by atoms with Gasteiger partial charge >= 0.3 is 11.9 Å². The summed E-state index contributed by atoms with van der Waals surface area (Å²) in [6.45, 7) is 4.38. The van der Waals surface area contributed by atoms with Crippen molar-refractivity contribution in [3.63, 3.8) is 0 Å². The van der Waals surface area contributed by atoms with Crippen LogP contribution in [0.3, 0.4) is 0 Å². The summed E-state index contributed by atoms with van der Waals surface area (Å²) < 4.78 is 9.95. The number of aliphatic carboxylic acids is 1. The summed E-state index contributed by atoms with van der Waals surface area (Å²) >= 11 is 0. The SMILES string of the molecule is CC(=O)O[C@@H](C(=O)O)C1OCCN(c2cccc(C(C)(C)O)n2)C1=O. The van der Waals surface area contributed by atoms with Crippen LogP contribution in [0, 0.1) is 0 Å². The monoisotopic (exact) mass is 352 g/mol. The Balaban J connectivity index is 2.30. The summed E-state index contributed by atoms with van der Waals surface area (Å²) in [7, 11) is 0. The highest BCUT2D eigenvalue weighted by Crippen LogP contribution is 2.24. The highest BCUT2D eigenvalue weighted by molar-refractivity contribution is 5.99. The van der Waals surface area contributed by atoms with Crippen LogP contribution in [-0.2, 0) is 29.5 Å². The van der Waals surface area contributed by atoms with E-state index in [1.165, 1.54) is 4.90 Å². The third-order valence-corrected chi connectivity index (χ3v) is 3.57. The van der Waals surface area contributed by atoms with E-state index in [0.29, 0.717) is 5.69 Å². The van der Waals surface area contributed by atoms with Crippen LogP contribution in [0.5, 0.6) is 0 Å². The number of esters is 1. The molecule has 1 fully saturated rings. The molecule has 0 aliphatic carbocycles. The Labute approximate surface area is 144 Å². The minimum atomic E-state index is -1.75. The Kier molecular flexibility index (Phi) is 5.39. The van der Waals surface area contributed by atoms with Crippen LogP contribution in [0.4, 0.5) is 5.82 Å². The molecule has 1 aromatic rings. The lowest BCUT2D eigenvalue weighted by atomic mass is 10.0. The van der Waals surface area contributed by atoms with Crippen molar-refractivity contribution in [3.05, 3.63) is 23.9 Å². The average molecular weight is 352 g/mol. The van der Waals surface area contributed by atoms with E-state index in [0.717, 1.165) is 6.92 Å². The molecule has 0 spiro atoms. The molecule has 2 rings (SSSR count). The first-order valence-corrected chi connectivity index (χ1v) is 7.64. The molecule has 0 saturated carbocycles. The Morgan fingerprint density at radius 1 is 1.44 bits per heavy atom. The maximum atomic E-state index is 12.7. The van der Waals surface area contributed by atoms with Crippen molar-refractivity contribution in [1.29, 1.82) is 0 Å². The molecule has 2 heterocycles. The molecule has 2 N–H and O–H groups in total. The molecule has 9 nitrogen and oxygen atoms in total. The fraction of sp³-hybridized carbons (Fsp3) is 0.500. The van der Waals surface area contributed by atoms with Gasteiger partial charge in [-0.2, -0.15) is 0 Å². The number of carbonyl (C=O) groups is 3. The number of aromatic nitrogens is 1. The number of amides is 1. The van der Waals surface area contributed by atoms with Crippen molar-refractivity contribution in [2.75, 3.05) is 18.1 Å². The lowest BCUT2D eigenvalue weighted by Crippen LogP contribution is -2.56. The maximum absolute atomic E-state index is 12.7. The number of carboxylic acids is 1. The third kappa shape index (κ3) is 4.31. The molecule has 1 amide bonds. The van der Waals surface area contributed by atoms with Crippen molar-refractivity contribution in [1.82, 2.24) is 4.98 Å². The smallest absolute Gasteiger partial charge is 0.348 e. The first-order chi connectivity index (χ1) is 11.6. The van der Waals surface area contributed by atoms with Gasteiger partial charge in [0.25, 0.3) is 5.91 Å². The number of carboxylic acid groups (broad SMARTS) is 1. The predicted octanol–water partition coefficient (Wildman–Crippen LogP) is 0.0571. The fourth-order valence-electron chi connectivity index (χ4n) is 2.39. The second kappa shape index (κ2) is 7.16. The van der Waals surface area contributed by atoms with Gasteiger partial charge in [0, 0.05) is 6.92 Å². The van der Waals surface area contributed by atoms with Crippen LogP contribution >= 0.6 is 0 Å². The van der Waals surface area contributed by atoms with E-state index in [-0.39, 0.29) is 19.0 Å². The molecular formula is C16H20N2O7. The summed E-state index contributed by atoms with van der Waals surface area (Å²) in [5, 5.41) is 19.3. The number of nitrogens with zero attached hydrogens (tertiary/aromatic N) is 2. The van der Waals surface area contributed by atoms with E-state index in [4.69, 9.17) is 9.47 Å². The van der Waals surface area contributed by atoms with Crippen LogP contribution in [-0.4, -0.2) is 58.4 Å². The molecule has 0 bridgehead atoms. The number of hydrogen-bond donors (Lipinski definition) is 2. The minimum absolute atomic E-state index is 0.0515. The van der Waals surface area contributed by atoms with Gasteiger partial charge < -0.3 is 19.7 Å². The van der Waals surface area contributed by atoms with Gasteiger partial charge in [-0.1, -0.05) is 6.07 Å². The van der Waals surface area contributed by atoms with Crippen LogP contribution in [0.2, 0.25) is 0 Å². The van der Waals surface area contributed by atoms with Gasteiger partial charge in [0.15, 0.2) is 6.10 Å². The largest absolute Gasteiger partial charge is 0.478 e. The van der Waals surface area contributed by atoms with Crippen molar-refractivity contribution in [3.8, 4) is 0 Å². The van der Waals surface area contributed by atoms with Crippen molar-refractivity contribution in [2.45, 2.75) is 38.6 Å². The highest BCUT2D eigenvalue weighted by atomic mass is 16.6. The molecule has 1 aliphatic rings. The van der Waals surface area contributed by atoms with Crippen LogP contribution in [0.1, 0.15) is 26.5 Å². The van der Waals surface area contributed by atoms with E-state index < -0.39 is 35.7 Å². The van der Waals surface area contributed by atoms with Gasteiger partial charge in [0.05, 0.1) is 18.8 Å². The molecule has 25 heavy (non-hydrogen) atoms. The quantitative estimate of drug-likeness (QED) is 0.712. The van der Waals surface area contributed by atoms with Crippen molar-refractivity contribution >= 4 is 23.7 Å². The lowest BCUT2D eigenvalue weighted by Gasteiger charge is -2.34. The zero-order chi connectivity index (χ0) is 18.8. The van der Waals surface area contributed by atoms with Gasteiger partial charge in [-0.05, 0) is 26.0 Å². The Bertz CT molecular complexity index is 683. The highest BCUT2D eigenvalue weighted by Gasteiger charge is 2.43. The summed E-state index contributed by atoms with van der Waals surface area (Å²) in [5.74, 6) is -2.73. The zero-order valence-corrected chi connectivity index (χ0v) is 14.1. The number of rotatable bonds is 5. The first kappa shape index (κ1) is 18.8. The molecule has 0 radical (unpaired) electrons. The topological polar surface area (TPSA) is 126 Å². The van der Waals surface area contributed by atoms with E-state index in [9.17, 15) is 24.6 Å². The maximum Gasteiger partial charge on any atom is 0.348 e. The zero-order valence-electron chi connectivity index (χ0n) is 14.1. The Morgan fingerprint density at radius 2 is 2.12 bits per heavy atom. The number of anilines is 1. The summed E-state index contributed by atoms with van der Waals surface area (Å²) in [6.07, 6.45) is -3.21. The minimum Gasteiger partial charge on any atom is -0.478 e. The van der Waals surface area contributed by atoms with Crippen LogP contribution in [0.15, 0.2) is 18.2 Å². The Hall–Kier alpha value is -2.52. The second-order valence-corrected chi connectivity index (χ2v) is 6.09. The molecule has 9 heteroatoms. The third-order valence-electron chi connectivity index (χ3n) is 3.57.